The molecule has 0 saturated carbocycles. The zero-order chi connectivity index (χ0) is 28.3. The summed E-state index contributed by atoms with van der Waals surface area (Å²) < 4.78 is 32.5. The highest BCUT2D eigenvalue weighted by molar-refractivity contribution is 9.09. The second-order valence-corrected chi connectivity index (χ2v) is 10.8. The van der Waals surface area contributed by atoms with E-state index in [9.17, 15) is 38.2 Å². The zero-order valence-corrected chi connectivity index (χ0v) is 23.1. The van der Waals surface area contributed by atoms with Gasteiger partial charge in [0.15, 0.2) is 6.04 Å². The number of hydrogen-bond donors (Lipinski definition) is 2. The molecule has 0 heterocycles. The van der Waals surface area contributed by atoms with Crippen LogP contribution in [0.25, 0.3) is 0 Å². The molecule has 1 amide bonds. The molecule has 37 heavy (non-hydrogen) atoms. The number of esters is 1. The first-order valence-corrected chi connectivity index (χ1v) is 14.0. The molecule has 0 radical (unpaired) electrons. The molecule has 1 atom stereocenters. The van der Waals surface area contributed by atoms with E-state index < -0.39 is 49.3 Å². The summed E-state index contributed by atoms with van der Waals surface area (Å²) in [4.78, 5) is 47.8. The SMILES string of the molecule is CC(C)CC([NH3+])C(=O)OCCNC(=O)c1cc([N+](=O)[O-])cc([N+](=O)[O-])c1N(CCBr)CCOS(C)(=O)=O. The molecule has 0 aliphatic heterocycles. The summed E-state index contributed by atoms with van der Waals surface area (Å²) in [6.45, 7) is 2.96. The average Bonchev–Trinajstić information content (AvgIpc) is 2.78. The fourth-order valence-electron chi connectivity index (χ4n) is 3.29. The number of rotatable bonds is 16. The number of nitro benzene ring substituents is 2. The Kier molecular flexibility index (Phi) is 12.8. The molecule has 208 valence electrons. The molecular formula is C20H31BrN5O10S+. The normalized spacial score (nSPS) is 12.2. The lowest BCUT2D eigenvalue weighted by molar-refractivity contribution is -0.411. The number of benzene rings is 1. The van der Waals surface area contributed by atoms with Gasteiger partial charge in [0, 0.05) is 30.9 Å². The summed E-state index contributed by atoms with van der Waals surface area (Å²) in [6, 6.07) is 1.01. The lowest BCUT2D eigenvalue weighted by Crippen LogP contribution is -2.65. The largest absolute Gasteiger partial charge is 0.459 e. The second kappa shape index (κ2) is 14.7. The van der Waals surface area contributed by atoms with Gasteiger partial charge in [0.1, 0.15) is 12.3 Å². The van der Waals surface area contributed by atoms with Crippen LogP contribution in [-0.4, -0.2) is 80.6 Å². The summed E-state index contributed by atoms with van der Waals surface area (Å²) in [5.41, 5.74) is 1.68. The molecule has 4 N–H and O–H groups in total. The molecule has 0 fully saturated rings. The third kappa shape index (κ3) is 10.9. The molecule has 1 rings (SSSR count). The van der Waals surface area contributed by atoms with Crippen LogP contribution in [0.3, 0.4) is 0 Å². The number of amides is 1. The maximum absolute atomic E-state index is 13.0. The maximum Gasteiger partial charge on any atom is 0.364 e. The summed E-state index contributed by atoms with van der Waals surface area (Å²) in [5, 5.41) is 25.9. The third-order valence-electron chi connectivity index (χ3n) is 4.78. The van der Waals surface area contributed by atoms with E-state index in [1.807, 2.05) is 13.8 Å². The Bertz CT molecular complexity index is 1100. The summed E-state index contributed by atoms with van der Waals surface area (Å²) in [7, 11) is -3.81. The van der Waals surface area contributed by atoms with Crippen LogP contribution in [0, 0.1) is 26.1 Å². The quantitative estimate of drug-likeness (QED) is 0.0657. The Morgan fingerprint density at radius 2 is 1.81 bits per heavy atom. The van der Waals surface area contributed by atoms with Crippen LogP contribution in [0.1, 0.15) is 30.6 Å². The first-order chi connectivity index (χ1) is 17.2. The van der Waals surface area contributed by atoms with Crippen molar-refractivity contribution in [2.45, 2.75) is 26.3 Å². The van der Waals surface area contributed by atoms with Crippen LogP contribution in [-0.2, 0) is 23.8 Å². The lowest BCUT2D eigenvalue weighted by Gasteiger charge is -2.25. The zero-order valence-electron chi connectivity index (χ0n) is 20.7. The highest BCUT2D eigenvalue weighted by Crippen LogP contribution is 2.36. The monoisotopic (exact) mass is 612 g/mol. The second-order valence-electron chi connectivity index (χ2n) is 8.33. The van der Waals surface area contributed by atoms with Crippen molar-refractivity contribution in [1.29, 1.82) is 0 Å². The summed E-state index contributed by atoms with van der Waals surface area (Å²) in [6.07, 6.45) is 1.35. The number of quaternary nitrogens is 1. The number of ether oxygens (including phenoxy) is 1. The molecule has 0 bridgehead atoms. The molecule has 0 aromatic heterocycles. The fourth-order valence-corrected chi connectivity index (χ4v) is 4.09. The molecule has 17 heteroatoms. The van der Waals surface area contributed by atoms with Crippen LogP contribution in [0.5, 0.6) is 0 Å². The van der Waals surface area contributed by atoms with Gasteiger partial charge in [-0.2, -0.15) is 8.42 Å². The van der Waals surface area contributed by atoms with Gasteiger partial charge in [0.25, 0.3) is 27.4 Å². The number of alkyl halides is 1. The van der Waals surface area contributed by atoms with E-state index in [2.05, 4.69) is 27.0 Å². The number of non-ortho nitro benzene ring substituents is 1. The van der Waals surface area contributed by atoms with Gasteiger partial charge in [-0.25, -0.2) is 4.79 Å². The number of hydrogen-bond acceptors (Lipinski definition) is 11. The Morgan fingerprint density at radius 1 is 1.16 bits per heavy atom. The standard InChI is InChI=1S/C20H30BrN5O10S/c1-13(2)10-16(22)20(28)35-8-5-23-19(27)15-11-14(25(29)30)12-17(26(31)32)18(15)24(6-4-21)7-9-36-37(3,33)34/h11-13,16H,4-10,22H2,1-3H3,(H,23,27)/p+1. The van der Waals surface area contributed by atoms with Gasteiger partial charge < -0.3 is 20.7 Å². The van der Waals surface area contributed by atoms with Gasteiger partial charge in [-0.15, -0.1) is 0 Å². The fraction of sp³-hybridized carbons (Fsp3) is 0.600. The van der Waals surface area contributed by atoms with Crippen LogP contribution in [0.15, 0.2) is 12.1 Å². The van der Waals surface area contributed by atoms with Gasteiger partial charge >= 0.3 is 5.97 Å². The van der Waals surface area contributed by atoms with Crippen LogP contribution < -0.4 is 16.0 Å². The van der Waals surface area contributed by atoms with Crippen LogP contribution in [0.4, 0.5) is 17.1 Å². The number of anilines is 1. The predicted molar refractivity (Wildman–Crippen MR) is 136 cm³/mol. The Balaban J connectivity index is 3.25. The van der Waals surface area contributed by atoms with Crippen molar-refractivity contribution in [2.75, 3.05) is 49.3 Å². The van der Waals surface area contributed by atoms with E-state index in [4.69, 9.17) is 8.92 Å². The van der Waals surface area contributed by atoms with Gasteiger partial charge in [-0.1, -0.05) is 29.8 Å². The minimum absolute atomic E-state index is 0.0738. The highest BCUT2D eigenvalue weighted by Gasteiger charge is 2.31. The van der Waals surface area contributed by atoms with Gasteiger partial charge in [0.05, 0.1) is 40.9 Å². The molecule has 0 aliphatic carbocycles. The maximum atomic E-state index is 13.0. The third-order valence-corrected chi connectivity index (χ3v) is 5.73. The van der Waals surface area contributed by atoms with E-state index in [-0.39, 0.29) is 55.3 Å². The van der Waals surface area contributed by atoms with Gasteiger partial charge in [0.2, 0.25) is 0 Å². The molecule has 0 saturated heterocycles. The molecule has 1 aromatic carbocycles. The summed E-state index contributed by atoms with van der Waals surface area (Å²) in [5.74, 6) is -1.22. The first-order valence-electron chi connectivity index (χ1n) is 11.1. The minimum atomic E-state index is -3.81. The molecule has 0 aliphatic rings. The van der Waals surface area contributed by atoms with Crippen molar-refractivity contribution in [3.05, 3.63) is 37.9 Å². The van der Waals surface area contributed by atoms with Crippen LogP contribution >= 0.6 is 15.9 Å². The van der Waals surface area contributed by atoms with E-state index in [0.29, 0.717) is 6.42 Å². The van der Waals surface area contributed by atoms with Crippen molar-refractivity contribution in [3.63, 3.8) is 0 Å². The average molecular weight is 613 g/mol. The van der Waals surface area contributed by atoms with Crippen molar-refractivity contribution < 1.29 is 42.5 Å². The van der Waals surface area contributed by atoms with E-state index in [1.165, 1.54) is 4.90 Å². The van der Waals surface area contributed by atoms with E-state index in [1.54, 1.807) is 0 Å². The van der Waals surface area contributed by atoms with Crippen molar-refractivity contribution in [3.8, 4) is 0 Å². The lowest BCUT2D eigenvalue weighted by atomic mass is 10.1. The van der Waals surface area contributed by atoms with Gasteiger partial charge in [-0.05, 0) is 5.92 Å². The predicted octanol–water partition coefficient (Wildman–Crippen LogP) is 0.610. The van der Waals surface area contributed by atoms with E-state index >= 15 is 0 Å². The Hall–Kier alpha value is -2.89. The summed E-state index contributed by atoms with van der Waals surface area (Å²) >= 11 is 3.20. The molecular weight excluding hydrogens is 582 g/mol. The van der Waals surface area contributed by atoms with E-state index in [0.717, 1.165) is 18.4 Å². The number of halogens is 1. The van der Waals surface area contributed by atoms with Crippen molar-refractivity contribution >= 4 is 55.0 Å². The van der Waals surface area contributed by atoms with Crippen LogP contribution in [0.2, 0.25) is 0 Å². The van der Waals surface area contributed by atoms with Crippen molar-refractivity contribution in [2.24, 2.45) is 5.92 Å². The highest BCUT2D eigenvalue weighted by atomic mass is 79.9. The smallest absolute Gasteiger partial charge is 0.364 e. The number of nitrogens with zero attached hydrogens (tertiary/aromatic N) is 3. The van der Waals surface area contributed by atoms with Crippen molar-refractivity contribution in [1.82, 2.24) is 5.32 Å². The van der Waals surface area contributed by atoms with Gasteiger partial charge in [-0.3, -0.25) is 29.2 Å². The number of nitrogens with one attached hydrogen (secondary N) is 1. The molecule has 1 aromatic rings. The molecule has 1 unspecified atom stereocenters. The topological polar surface area (TPSA) is 216 Å². The minimum Gasteiger partial charge on any atom is -0.459 e. The molecule has 15 nitrogen and oxygen atoms in total. The number of carbonyl (C=O) groups is 2. The first kappa shape index (κ1) is 32.1. The number of nitro groups is 2. The number of carbonyl (C=O) groups excluding carboxylic acids is 2. The Morgan fingerprint density at radius 3 is 2.32 bits per heavy atom. The Labute approximate surface area is 222 Å². The molecule has 0 spiro atoms.